The Kier molecular flexibility index (Phi) is 2.28. The maximum Gasteiger partial charge on any atom is 0.0951 e. The van der Waals surface area contributed by atoms with Crippen LogP contribution in [0.3, 0.4) is 0 Å². The Bertz CT molecular complexity index is 499. The predicted molar refractivity (Wildman–Crippen MR) is 64.5 cm³/mol. The molecule has 0 saturated carbocycles. The number of hydrogen-bond acceptors (Lipinski definition) is 1. The van der Waals surface area contributed by atoms with Crippen LogP contribution in [0.1, 0.15) is 29.3 Å². The van der Waals surface area contributed by atoms with Crippen LogP contribution in [0.5, 0.6) is 0 Å². The summed E-state index contributed by atoms with van der Waals surface area (Å²) < 4.78 is 2.27. The number of aromatic nitrogens is 2. The molecule has 1 heterocycles. The van der Waals surface area contributed by atoms with E-state index in [4.69, 9.17) is 0 Å². The molecule has 3 rings (SSSR count). The van der Waals surface area contributed by atoms with Gasteiger partial charge in [-0.15, -0.1) is 0 Å². The van der Waals surface area contributed by atoms with E-state index in [9.17, 15) is 0 Å². The number of fused-ring (bicyclic) bond motifs is 1. The van der Waals surface area contributed by atoms with Crippen molar-refractivity contribution in [1.29, 1.82) is 0 Å². The Hall–Kier alpha value is -1.57. The van der Waals surface area contributed by atoms with Gasteiger partial charge in [-0.3, -0.25) is 0 Å². The molecule has 0 bridgehead atoms. The molecule has 1 atom stereocenters. The molecule has 2 nitrogen and oxygen atoms in total. The van der Waals surface area contributed by atoms with Gasteiger partial charge in [0.25, 0.3) is 0 Å². The molecule has 82 valence electrons. The third-order valence-corrected chi connectivity index (χ3v) is 3.47. The van der Waals surface area contributed by atoms with Gasteiger partial charge in [-0.1, -0.05) is 24.3 Å². The second kappa shape index (κ2) is 3.78. The highest BCUT2D eigenvalue weighted by Crippen LogP contribution is 2.28. The van der Waals surface area contributed by atoms with Crippen LogP contribution >= 0.6 is 0 Å². The first kappa shape index (κ1) is 9.64. The number of rotatable bonds is 1. The maximum atomic E-state index is 4.31. The van der Waals surface area contributed by atoms with Gasteiger partial charge in [-0.25, -0.2) is 4.98 Å². The topological polar surface area (TPSA) is 17.8 Å². The Labute approximate surface area is 95.9 Å². The second-order valence-electron chi connectivity index (χ2n) is 4.63. The van der Waals surface area contributed by atoms with Crippen LogP contribution in [-0.2, 0) is 12.8 Å². The fourth-order valence-electron chi connectivity index (χ4n) is 2.57. The van der Waals surface area contributed by atoms with Crippen LogP contribution in [0.25, 0.3) is 0 Å². The molecule has 0 aliphatic heterocycles. The predicted octanol–water partition coefficient (Wildman–Crippen LogP) is 2.92. The normalized spacial score (nSPS) is 19.4. The average Bonchev–Trinajstić information content (AvgIpc) is 2.75. The van der Waals surface area contributed by atoms with E-state index in [0.29, 0.717) is 6.04 Å². The van der Waals surface area contributed by atoms with Crippen molar-refractivity contribution in [3.05, 3.63) is 53.6 Å². The van der Waals surface area contributed by atoms with E-state index >= 15 is 0 Å². The molecule has 1 unspecified atom stereocenters. The lowest BCUT2D eigenvalue weighted by Crippen LogP contribution is -2.17. The average molecular weight is 212 g/mol. The molecule has 0 fully saturated rings. The summed E-state index contributed by atoms with van der Waals surface area (Å²) in [6.07, 6.45) is 7.68. The molecule has 0 amide bonds. The minimum absolute atomic E-state index is 0.594. The minimum Gasteiger partial charge on any atom is -0.334 e. The van der Waals surface area contributed by atoms with Crippen molar-refractivity contribution in [2.24, 2.45) is 0 Å². The monoisotopic (exact) mass is 212 g/mol. The van der Waals surface area contributed by atoms with Crippen LogP contribution in [0.2, 0.25) is 0 Å². The molecule has 0 radical (unpaired) electrons. The molecule has 2 heteroatoms. The summed E-state index contributed by atoms with van der Waals surface area (Å²) >= 11 is 0. The van der Waals surface area contributed by atoms with Gasteiger partial charge in [-0.05, 0) is 37.3 Å². The smallest absolute Gasteiger partial charge is 0.0951 e. The highest BCUT2D eigenvalue weighted by Gasteiger charge is 2.19. The number of nitrogens with zero attached hydrogens (tertiary/aromatic N) is 2. The van der Waals surface area contributed by atoms with E-state index in [2.05, 4.69) is 40.0 Å². The fourth-order valence-corrected chi connectivity index (χ4v) is 2.57. The van der Waals surface area contributed by atoms with Gasteiger partial charge in [-0.2, -0.15) is 0 Å². The first-order valence-electron chi connectivity index (χ1n) is 5.90. The largest absolute Gasteiger partial charge is 0.334 e. The van der Waals surface area contributed by atoms with Crippen LogP contribution in [0.4, 0.5) is 0 Å². The van der Waals surface area contributed by atoms with Gasteiger partial charge in [0.2, 0.25) is 0 Å². The molecule has 0 N–H and O–H groups in total. The maximum absolute atomic E-state index is 4.31. The van der Waals surface area contributed by atoms with Crippen molar-refractivity contribution in [3.8, 4) is 0 Å². The number of benzene rings is 1. The number of aryl methyl sites for hydroxylation is 2. The highest BCUT2D eigenvalue weighted by molar-refractivity contribution is 5.30. The summed E-state index contributed by atoms with van der Waals surface area (Å²) in [5, 5.41) is 0. The summed E-state index contributed by atoms with van der Waals surface area (Å²) in [4.78, 5) is 4.31. The lowest BCUT2D eigenvalue weighted by Gasteiger charge is -2.25. The van der Waals surface area contributed by atoms with Gasteiger partial charge in [0.1, 0.15) is 0 Å². The quantitative estimate of drug-likeness (QED) is 0.710. The van der Waals surface area contributed by atoms with E-state index in [1.165, 1.54) is 24.0 Å². The van der Waals surface area contributed by atoms with Crippen molar-refractivity contribution in [2.45, 2.75) is 32.2 Å². The van der Waals surface area contributed by atoms with Crippen molar-refractivity contribution < 1.29 is 0 Å². The fraction of sp³-hybridized carbons (Fsp3) is 0.357. The van der Waals surface area contributed by atoms with Gasteiger partial charge in [0.15, 0.2) is 0 Å². The van der Waals surface area contributed by atoms with Crippen molar-refractivity contribution in [2.75, 3.05) is 0 Å². The van der Waals surface area contributed by atoms with Crippen LogP contribution < -0.4 is 0 Å². The Morgan fingerprint density at radius 1 is 1.25 bits per heavy atom. The Balaban J connectivity index is 1.88. The molecule has 16 heavy (non-hydrogen) atoms. The van der Waals surface area contributed by atoms with E-state index in [1.54, 1.807) is 0 Å². The summed E-state index contributed by atoms with van der Waals surface area (Å²) in [6, 6.07) is 9.38. The first-order valence-corrected chi connectivity index (χ1v) is 5.90. The molecule has 2 aromatic rings. The van der Waals surface area contributed by atoms with Crippen molar-refractivity contribution in [3.63, 3.8) is 0 Å². The van der Waals surface area contributed by atoms with E-state index in [0.717, 1.165) is 12.1 Å². The van der Waals surface area contributed by atoms with Gasteiger partial charge in [0, 0.05) is 12.2 Å². The van der Waals surface area contributed by atoms with Crippen molar-refractivity contribution >= 4 is 0 Å². The van der Waals surface area contributed by atoms with Crippen LogP contribution in [-0.4, -0.2) is 9.55 Å². The molecular weight excluding hydrogens is 196 g/mol. The standard InChI is InChI=1S/C14H16N2/c1-11-9-16(10-15-11)14-7-6-12-4-2-3-5-13(12)8-14/h2-5,9-10,14H,6-8H2,1H3. The molecule has 1 aliphatic carbocycles. The van der Waals surface area contributed by atoms with Crippen LogP contribution in [0.15, 0.2) is 36.8 Å². The van der Waals surface area contributed by atoms with Gasteiger partial charge < -0.3 is 4.57 Å². The zero-order valence-electron chi connectivity index (χ0n) is 9.56. The van der Waals surface area contributed by atoms with E-state index in [-0.39, 0.29) is 0 Å². The molecule has 1 aromatic carbocycles. The minimum atomic E-state index is 0.594. The van der Waals surface area contributed by atoms with Crippen LogP contribution in [0, 0.1) is 6.92 Å². The molecule has 1 aliphatic rings. The molecular formula is C14H16N2. The molecule has 0 spiro atoms. The third kappa shape index (κ3) is 1.64. The lowest BCUT2D eigenvalue weighted by molar-refractivity contribution is 0.442. The Morgan fingerprint density at radius 3 is 2.81 bits per heavy atom. The summed E-state index contributed by atoms with van der Waals surface area (Å²) in [5.74, 6) is 0. The van der Waals surface area contributed by atoms with Gasteiger partial charge in [0.05, 0.1) is 12.0 Å². The Morgan fingerprint density at radius 2 is 2.06 bits per heavy atom. The number of hydrogen-bond donors (Lipinski definition) is 0. The summed E-state index contributed by atoms with van der Waals surface area (Å²) in [6.45, 7) is 2.05. The summed E-state index contributed by atoms with van der Waals surface area (Å²) in [7, 11) is 0. The SMILES string of the molecule is Cc1cn(C2CCc3ccccc3C2)cn1. The van der Waals surface area contributed by atoms with Crippen molar-refractivity contribution in [1.82, 2.24) is 9.55 Å². The second-order valence-corrected chi connectivity index (χ2v) is 4.63. The molecule has 1 aromatic heterocycles. The zero-order valence-corrected chi connectivity index (χ0v) is 9.56. The zero-order chi connectivity index (χ0) is 11.0. The lowest BCUT2D eigenvalue weighted by atomic mass is 9.88. The van der Waals surface area contributed by atoms with E-state index in [1.807, 2.05) is 13.3 Å². The number of imidazole rings is 1. The van der Waals surface area contributed by atoms with E-state index < -0.39 is 0 Å². The van der Waals surface area contributed by atoms with Gasteiger partial charge >= 0.3 is 0 Å². The highest BCUT2D eigenvalue weighted by atomic mass is 15.1. The first-order chi connectivity index (χ1) is 7.83. The molecule has 0 saturated heterocycles. The summed E-state index contributed by atoms with van der Waals surface area (Å²) in [5.41, 5.74) is 4.14. The third-order valence-electron chi connectivity index (χ3n) is 3.47.